The van der Waals surface area contributed by atoms with Crippen molar-refractivity contribution in [3.05, 3.63) is 34.6 Å². The minimum Gasteiger partial charge on any atom is -0.391 e. The van der Waals surface area contributed by atoms with Gasteiger partial charge in [0.2, 0.25) is 0 Å². The molecule has 1 fully saturated rings. The van der Waals surface area contributed by atoms with Crippen molar-refractivity contribution >= 4 is 32.5 Å². The summed E-state index contributed by atoms with van der Waals surface area (Å²) in [6.07, 6.45) is -0.936. The fraction of sp³-hybridized carbons (Fsp3) is 0.467. The van der Waals surface area contributed by atoms with Crippen LogP contribution in [-0.2, 0) is 9.84 Å². The highest BCUT2D eigenvalue weighted by Gasteiger charge is 2.38. The largest absolute Gasteiger partial charge is 0.391 e. The highest BCUT2D eigenvalue weighted by molar-refractivity contribution is 8.01. The van der Waals surface area contributed by atoms with E-state index in [-0.39, 0.29) is 23.1 Å². The van der Waals surface area contributed by atoms with Crippen LogP contribution in [0.1, 0.15) is 19.9 Å². The van der Waals surface area contributed by atoms with Crippen molar-refractivity contribution in [1.29, 1.82) is 0 Å². The van der Waals surface area contributed by atoms with Gasteiger partial charge in [0.1, 0.15) is 0 Å². The summed E-state index contributed by atoms with van der Waals surface area (Å²) >= 11 is 1.17. The fourth-order valence-electron chi connectivity index (χ4n) is 2.71. The molecule has 1 aliphatic rings. The van der Waals surface area contributed by atoms with Crippen LogP contribution in [0.5, 0.6) is 0 Å². The van der Waals surface area contributed by atoms with E-state index in [0.29, 0.717) is 16.1 Å². The van der Waals surface area contributed by atoms with Crippen molar-refractivity contribution in [2.75, 3.05) is 11.5 Å². The number of aliphatic hydroxyl groups excluding tert-OH is 1. The second-order valence-corrected chi connectivity index (χ2v) is 9.34. The predicted molar refractivity (Wildman–Crippen MR) is 90.7 cm³/mol. The lowest BCUT2D eigenvalue weighted by atomic mass is 10.2. The molecule has 0 unspecified atom stereocenters. The van der Waals surface area contributed by atoms with Crippen LogP contribution in [0.3, 0.4) is 0 Å². The maximum absolute atomic E-state index is 12.7. The highest BCUT2D eigenvalue weighted by Crippen LogP contribution is 2.31. The molecule has 1 saturated heterocycles. The third-order valence-corrected chi connectivity index (χ3v) is 7.03. The second kappa shape index (κ2) is 5.92. The number of fused-ring (bicyclic) bond motifs is 1. The summed E-state index contributed by atoms with van der Waals surface area (Å²) in [6.45, 7) is 3.76. The summed E-state index contributed by atoms with van der Waals surface area (Å²) < 4.78 is 24.9. The van der Waals surface area contributed by atoms with Gasteiger partial charge in [0.05, 0.1) is 33.8 Å². The van der Waals surface area contributed by atoms with Gasteiger partial charge in [0.15, 0.2) is 15.0 Å². The Morgan fingerprint density at radius 2 is 2.00 bits per heavy atom. The van der Waals surface area contributed by atoms with Gasteiger partial charge in [-0.3, -0.25) is 9.36 Å². The van der Waals surface area contributed by atoms with Gasteiger partial charge in [-0.1, -0.05) is 23.9 Å². The quantitative estimate of drug-likeness (QED) is 0.834. The number of benzene rings is 1. The molecular formula is C15H18N2O4S2. The van der Waals surface area contributed by atoms with E-state index >= 15 is 0 Å². The molecule has 1 aromatic heterocycles. The molecule has 0 aliphatic carbocycles. The Hall–Kier alpha value is -1.38. The van der Waals surface area contributed by atoms with Gasteiger partial charge in [-0.2, -0.15) is 0 Å². The summed E-state index contributed by atoms with van der Waals surface area (Å²) in [4.78, 5) is 17.2. The van der Waals surface area contributed by atoms with E-state index in [0.717, 1.165) is 0 Å². The normalized spacial score (nSPS) is 23.7. The van der Waals surface area contributed by atoms with Gasteiger partial charge in [-0.15, -0.1) is 0 Å². The van der Waals surface area contributed by atoms with Crippen molar-refractivity contribution in [3.63, 3.8) is 0 Å². The Morgan fingerprint density at radius 1 is 1.30 bits per heavy atom. The average molecular weight is 354 g/mol. The Kier molecular flexibility index (Phi) is 4.24. The van der Waals surface area contributed by atoms with Gasteiger partial charge >= 0.3 is 0 Å². The van der Waals surface area contributed by atoms with Crippen LogP contribution < -0.4 is 5.56 Å². The molecule has 0 amide bonds. The number of aromatic nitrogens is 2. The van der Waals surface area contributed by atoms with Crippen LogP contribution in [0.25, 0.3) is 10.9 Å². The first kappa shape index (κ1) is 16.5. The molecule has 1 N–H and O–H groups in total. The molecule has 0 spiro atoms. The zero-order valence-corrected chi connectivity index (χ0v) is 14.5. The molecule has 2 atom stereocenters. The molecule has 0 radical (unpaired) electrons. The Morgan fingerprint density at radius 3 is 2.61 bits per heavy atom. The minimum absolute atomic E-state index is 0.0976. The summed E-state index contributed by atoms with van der Waals surface area (Å²) in [5, 5.41) is 10.5. The lowest BCUT2D eigenvalue weighted by Gasteiger charge is -2.19. The number of sulfone groups is 1. The van der Waals surface area contributed by atoms with Crippen molar-refractivity contribution in [2.45, 2.75) is 36.4 Å². The van der Waals surface area contributed by atoms with Gasteiger partial charge < -0.3 is 5.11 Å². The lowest BCUT2D eigenvalue weighted by molar-refractivity contribution is 0.207. The van der Waals surface area contributed by atoms with E-state index in [9.17, 15) is 18.3 Å². The smallest absolute Gasteiger partial charge is 0.262 e. The van der Waals surface area contributed by atoms with Crippen molar-refractivity contribution < 1.29 is 13.5 Å². The lowest BCUT2D eigenvalue weighted by Crippen LogP contribution is -2.27. The molecule has 0 saturated carbocycles. The van der Waals surface area contributed by atoms with Crippen molar-refractivity contribution in [1.82, 2.24) is 9.55 Å². The molecule has 2 heterocycles. The Labute approximate surface area is 138 Å². The monoisotopic (exact) mass is 354 g/mol. The summed E-state index contributed by atoms with van der Waals surface area (Å²) in [5.41, 5.74) is 0.427. The molecule has 124 valence electrons. The summed E-state index contributed by atoms with van der Waals surface area (Å²) in [6, 6.07) is 6.96. The molecule has 2 aromatic rings. The Balaban J connectivity index is 2.10. The van der Waals surface area contributed by atoms with E-state index in [1.807, 2.05) is 13.8 Å². The Bertz CT molecular complexity index is 905. The first-order valence-corrected chi connectivity index (χ1v) is 10.0. The van der Waals surface area contributed by atoms with Crippen LogP contribution in [0.4, 0.5) is 0 Å². The van der Waals surface area contributed by atoms with E-state index in [4.69, 9.17) is 0 Å². The van der Waals surface area contributed by atoms with Crippen LogP contribution in [0.2, 0.25) is 0 Å². The summed E-state index contributed by atoms with van der Waals surface area (Å²) in [5.74, 6) is -0.330. The third kappa shape index (κ3) is 3.15. The van der Waals surface area contributed by atoms with Crippen molar-refractivity contribution in [3.8, 4) is 0 Å². The molecule has 3 rings (SSSR count). The highest BCUT2D eigenvalue weighted by atomic mass is 32.2. The van der Waals surface area contributed by atoms with Crippen LogP contribution in [-0.4, -0.2) is 45.9 Å². The second-order valence-electron chi connectivity index (χ2n) is 5.98. The molecule has 23 heavy (non-hydrogen) atoms. The fourth-order valence-corrected chi connectivity index (χ4v) is 6.42. The van der Waals surface area contributed by atoms with E-state index < -0.39 is 21.2 Å². The van der Waals surface area contributed by atoms with E-state index in [1.54, 1.807) is 28.8 Å². The number of thioether (sulfide) groups is 1. The number of hydrogen-bond acceptors (Lipinski definition) is 6. The maximum Gasteiger partial charge on any atom is 0.262 e. The number of nitrogens with zero attached hydrogens (tertiary/aromatic N) is 2. The first-order chi connectivity index (χ1) is 10.8. The number of hydrogen-bond donors (Lipinski definition) is 1. The minimum atomic E-state index is -3.24. The first-order valence-electron chi connectivity index (χ1n) is 7.35. The van der Waals surface area contributed by atoms with Crippen molar-refractivity contribution in [2.24, 2.45) is 0 Å². The van der Waals surface area contributed by atoms with Crippen LogP contribution >= 0.6 is 11.8 Å². The van der Waals surface area contributed by atoms with E-state index in [1.165, 1.54) is 11.8 Å². The average Bonchev–Trinajstić information content (AvgIpc) is 2.71. The molecular weight excluding hydrogens is 336 g/mol. The number of rotatable bonds is 3. The van der Waals surface area contributed by atoms with Crippen LogP contribution in [0, 0.1) is 0 Å². The third-order valence-electron chi connectivity index (χ3n) is 3.82. The van der Waals surface area contributed by atoms with Gasteiger partial charge in [0, 0.05) is 6.04 Å². The molecule has 8 heteroatoms. The SMILES string of the molecule is CC(C)n1c(S[C@@H]2CS(=O)(=O)C[C@H]2O)nc2ccccc2c1=O. The number of para-hydroxylation sites is 1. The summed E-state index contributed by atoms with van der Waals surface area (Å²) in [7, 11) is -3.24. The predicted octanol–water partition coefficient (Wildman–Crippen LogP) is 1.23. The van der Waals surface area contributed by atoms with Gasteiger partial charge in [-0.05, 0) is 26.0 Å². The van der Waals surface area contributed by atoms with E-state index in [2.05, 4.69) is 4.98 Å². The molecule has 6 nitrogen and oxygen atoms in total. The van der Waals surface area contributed by atoms with Crippen LogP contribution in [0.15, 0.2) is 34.2 Å². The zero-order chi connectivity index (χ0) is 16.8. The maximum atomic E-state index is 12.7. The van der Waals surface area contributed by atoms with Gasteiger partial charge in [-0.25, -0.2) is 13.4 Å². The number of aliphatic hydroxyl groups is 1. The topological polar surface area (TPSA) is 89.3 Å². The molecule has 1 aliphatic heterocycles. The zero-order valence-electron chi connectivity index (χ0n) is 12.8. The molecule has 1 aromatic carbocycles. The van der Waals surface area contributed by atoms with Gasteiger partial charge in [0.25, 0.3) is 5.56 Å². The molecule has 0 bridgehead atoms. The standard InChI is InChI=1S/C15H18N2O4S2/c1-9(2)17-14(19)10-5-3-4-6-11(10)16-15(17)22-13-8-23(20,21)7-12(13)18/h3-6,9,12-13,18H,7-8H2,1-2H3/t12-,13-/m1/s1.